The van der Waals surface area contributed by atoms with E-state index in [-0.39, 0.29) is 11.8 Å². The Balaban J connectivity index is 1.87. The van der Waals surface area contributed by atoms with Crippen molar-refractivity contribution in [3.8, 4) is 0 Å². The third-order valence-electron chi connectivity index (χ3n) is 5.89. The van der Waals surface area contributed by atoms with Gasteiger partial charge in [0.2, 0.25) is 11.8 Å². The second-order valence-electron chi connectivity index (χ2n) is 9.02. The van der Waals surface area contributed by atoms with Crippen LogP contribution in [0.5, 0.6) is 0 Å². The molecular weight excluding hydrogens is 384 g/mol. The molecule has 0 N–H and O–H groups in total. The number of para-hydroxylation sites is 1. The summed E-state index contributed by atoms with van der Waals surface area (Å²) in [6.45, 7) is 6.24. The van der Waals surface area contributed by atoms with Crippen molar-refractivity contribution in [2.45, 2.75) is 65.3 Å². The molecule has 3 rings (SSSR count). The van der Waals surface area contributed by atoms with Gasteiger partial charge in [0, 0.05) is 31.7 Å². The van der Waals surface area contributed by atoms with Crippen molar-refractivity contribution in [2.24, 2.45) is 5.92 Å². The number of hydrogen-bond acceptors (Lipinski definition) is 2. The van der Waals surface area contributed by atoms with Crippen molar-refractivity contribution in [3.05, 3.63) is 65.7 Å². The maximum absolute atomic E-state index is 13.2. The zero-order chi connectivity index (χ0) is 22.1. The summed E-state index contributed by atoms with van der Waals surface area (Å²) in [4.78, 5) is 30.2. The van der Waals surface area contributed by atoms with Crippen LogP contribution in [0, 0.1) is 5.92 Å². The monoisotopic (exact) mass is 420 g/mol. The van der Waals surface area contributed by atoms with E-state index in [0.717, 1.165) is 62.0 Å². The molecule has 0 saturated heterocycles. The number of fused-ring (bicyclic) bond motifs is 1. The summed E-state index contributed by atoms with van der Waals surface area (Å²) >= 11 is 0. The van der Waals surface area contributed by atoms with Crippen molar-refractivity contribution in [3.63, 3.8) is 0 Å². The molecule has 0 bridgehead atoms. The van der Waals surface area contributed by atoms with Crippen LogP contribution in [0.25, 0.3) is 0 Å². The lowest BCUT2D eigenvalue weighted by molar-refractivity contribution is -0.131. The van der Waals surface area contributed by atoms with E-state index in [1.54, 1.807) is 0 Å². The Bertz CT molecular complexity index is 847. The maximum atomic E-state index is 13.2. The minimum atomic E-state index is 0.151. The second kappa shape index (κ2) is 11.7. The highest BCUT2D eigenvalue weighted by Crippen LogP contribution is 2.26. The zero-order valence-corrected chi connectivity index (χ0v) is 19.1. The van der Waals surface area contributed by atoms with Crippen molar-refractivity contribution in [2.75, 3.05) is 18.0 Å². The number of carbonyl (C=O) groups is 2. The molecule has 0 saturated carbocycles. The first-order chi connectivity index (χ1) is 15.0. The summed E-state index contributed by atoms with van der Waals surface area (Å²) in [7, 11) is 0. The fourth-order valence-corrected chi connectivity index (χ4v) is 4.23. The molecule has 0 fully saturated rings. The minimum Gasteiger partial charge on any atom is -0.338 e. The number of nitrogens with zero attached hydrogens (tertiary/aromatic N) is 2. The Hall–Kier alpha value is -2.62. The molecule has 31 heavy (non-hydrogen) atoms. The van der Waals surface area contributed by atoms with Crippen LogP contribution in [0.4, 0.5) is 5.69 Å². The predicted octanol–water partition coefficient (Wildman–Crippen LogP) is 5.60. The van der Waals surface area contributed by atoms with Crippen LogP contribution in [0.1, 0.15) is 63.5 Å². The highest BCUT2D eigenvalue weighted by Gasteiger charge is 2.22. The molecule has 0 radical (unpaired) electrons. The number of benzene rings is 2. The molecule has 2 aromatic carbocycles. The van der Waals surface area contributed by atoms with Crippen LogP contribution in [-0.4, -0.2) is 29.8 Å². The van der Waals surface area contributed by atoms with Gasteiger partial charge in [-0.3, -0.25) is 9.59 Å². The van der Waals surface area contributed by atoms with Gasteiger partial charge in [-0.1, -0.05) is 81.6 Å². The summed E-state index contributed by atoms with van der Waals surface area (Å²) in [6.07, 6.45) is 6.40. The lowest BCUT2D eigenvalue weighted by atomic mass is 10.0. The van der Waals surface area contributed by atoms with Gasteiger partial charge in [-0.15, -0.1) is 0 Å². The molecule has 0 spiro atoms. The fraction of sp³-hybridized carbons (Fsp3) is 0.481. The summed E-state index contributed by atoms with van der Waals surface area (Å²) in [5.41, 5.74) is 3.06. The summed E-state index contributed by atoms with van der Waals surface area (Å²) in [6, 6.07) is 18.1. The molecule has 0 aromatic heterocycles. The van der Waals surface area contributed by atoms with Crippen molar-refractivity contribution >= 4 is 17.5 Å². The number of carbonyl (C=O) groups excluding carboxylic acids is 2. The lowest BCUT2D eigenvalue weighted by Gasteiger charge is -2.30. The average molecular weight is 421 g/mol. The normalized spacial score (nSPS) is 15.7. The third-order valence-corrected chi connectivity index (χ3v) is 5.89. The SMILES string of the molecule is CC(C)CC(=O)N1CCCCCCCN(C(=O)Cc2ccccc2)Cc2ccccc21. The van der Waals surface area contributed by atoms with Gasteiger partial charge in [-0.2, -0.15) is 0 Å². The van der Waals surface area contributed by atoms with E-state index < -0.39 is 0 Å². The van der Waals surface area contributed by atoms with E-state index >= 15 is 0 Å². The van der Waals surface area contributed by atoms with Crippen LogP contribution in [0.15, 0.2) is 54.6 Å². The van der Waals surface area contributed by atoms with Gasteiger partial charge in [-0.25, -0.2) is 0 Å². The van der Waals surface area contributed by atoms with Crippen LogP contribution < -0.4 is 4.90 Å². The average Bonchev–Trinajstić information content (AvgIpc) is 2.74. The summed E-state index contributed by atoms with van der Waals surface area (Å²) < 4.78 is 0. The van der Waals surface area contributed by atoms with Gasteiger partial charge in [0.05, 0.1) is 6.42 Å². The third kappa shape index (κ3) is 6.95. The highest BCUT2D eigenvalue weighted by atomic mass is 16.2. The number of rotatable bonds is 4. The van der Waals surface area contributed by atoms with Gasteiger partial charge >= 0.3 is 0 Å². The molecule has 0 atom stereocenters. The molecule has 2 aromatic rings. The van der Waals surface area contributed by atoms with E-state index in [4.69, 9.17) is 0 Å². The predicted molar refractivity (Wildman–Crippen MR) is 127 cm³/mol. The van der Waals surface area contributed by atoms with Crippen molar-refractivity contribution in [1.82, 2.24) is 4.90 Å². The molecule has 1 aliphatic rings. The Kier molecular flexibility index (Phi) is 8.69. The van der Waals surface area contributed by atoms with Crippen LogP contribution >= 0.6 is 0 Å². The molecule has 2 amide bonds. The molecule has 166 valence electrons. The largest absolute Gasteiger partial charge is 0.338 e. The molecule has 1 heterocycles. The van der Waals surface area contributed by atoms with Gasteiger partial charge in [-0.05, 0) is 36.0 Å². The maximum Gasteiger partial charge on any atom is 0.227 e. The van der Waals surface area contributed by atoms with Crippen molar-refractivity contribution < 1.29 is 9.59 Å². The molecule has 0 unspecified atom stereocenters. The lowest BCUT2D eigenvalue weighted by Crippen LogP contribution is -2.36. The van der Waals surface area contributed by atoms with E-state index in [1.165, 1.54) is 0 Å². The van der Waals surface area contributed by atoms with E-state index in [1.807, 2.05) is 58.3 Å². The second-order valence-corrected chi connectivity index (χ2v) is 9.02. The topological polar surface area (TPSA) is 40.6 Å². The molecule has 0 aliphatic carbocycles. The molecule has 1 aliphatic heterocycles. The van der Waals surface area contributed by atoms with E-state index in [0.29, 0.717) is 25.3 Å². The highest BCUT2D eigenvalue weighted by molar-refractivity contribution is 5.94. The first kappa shape index (κ1) is 23.1. The first-order valence-electron chi connectivity index (χ1n) is 11.7. The Morgan fingerprint density at radius 1 is 0.806 bits per heavy atom. The quantitative estimate of drug-likeness (QED) is 0.646. The number of amides is 2. The molecule has 4 nitrogen and oxygen atoms in total. The van der Waals surface area contributed by atoms with Crippen LogP contribution in [0.2, 0.25) is 0 Å². The van der Waals surface area contributed by atoms with Gasteiger partial charge < -0.3 is 9.80 Å². The van der Waals surface area contributed by atoms with E-state index in [2.05, 4.69) is 19.9 Å². The summed E-state index contributed by atoms with van der Waals surface area (Å²) in [5.74, 6) is 0.657. The van der Waals surface area contributed by atoms with Crippen molar-refractivity contribution in [1.29, 1.82) is 0 Å². The standard InChI is InChI=1S/C27H36N2O2/c1-22(2)19-27(31)29-18-12-5-3-4-11-17-28(21-24-15-9-10-16-25(24)29)26(30)20-23-13-7-6-8-14-23/h6-10,13-16,22H,3-5,11-12,17-21H2,1-2H3. The van der Waals surface area contributed by atoms with Gasteiger partial charge in [0.25, 0.3) is 0 Å². The van der Waals surface area contributed by atoms with Crippen LogP contribution in [-0.2, 0) is 22.6 Å². The Morgan fingerprint density at radius 2 is 1.45 bits per heavy atom. The van der Waals surface area contributed by atoms with Gasteiger partial charge in [0.1, 0.15) is 0 Å². The fourth-order valence-electron chi connectivity index (χ4n) is 4.23. The molecule has 4 heteroatoms. The Labute approximate surface area is 187 Å². The number of anilines is 1. The minimum absolute atomic E-state index is 0.151. The van der Waals surface area contributed by atoms with E-state index in [9.17, 15) is 9.59 Å². The zero-order valence-electron chi connectivity index (χ0n) is 19.1. The number of hydrogen-bond donors (Lipinski definition) is 0. The van der Waals surface area contributed by atoms with Gasteiger partial charge in [0.15, 0.2) is 0 Å². The smallest absolute Gasteiger partial charge is 0.227 e. The van der Waals surface area contributed by atoms with Crippen LogP contribution in [0.3, 0.4) is 0 Å². The summed E-state index contributed by atoms with van der Waals surface area (Å²) in [5, 5.41) is 0. The first-order valence-corrected chi connectivity index (χ1v) is 11.7. The Morgan fingerprint density at radius 3 is 2.19 bits per heavy atom. The molecular formula is C27H36N2O2.